The van der Waals surface area contributed by atoms with E-state index in [0.29, 0.717) is 45.5 Å². The van der Waals surface area contributed by atoms with Gasteiger partial charge in [-0.05, 0) is 36.8 Å². The Hall–Kier alpha value is -1.50. The molecule has 4 unspecified atom stereocenters. The number of hydrogen-bond acceptors (Lipinski definition) is 5. The number of fused-ring (bicyclic) bond motifs is 1. The van der Waals surface area contributed by atoms with E-state index in [4.69, 9.17) is 14.2 Å². The summed E-state index contributed by atoms with van der Waals surface area (Å²) in [7, 11) is 0. The predicted octanol–water partition coefficient (Wildman–Crippen LogP) is 1.64. The number of carbonyl (C=O) groups excluding carboxylic acids is 1. The highest BCUT2D eigenvalue weighted by Crippen LogP contribution is 2.35. The Labute approximate surface area is 148 Å². The number of carbonyl (C=O) groups is 1. The lowest BCUT2D eigenvalue weighted by Gasteiger charge is -2.38. The second-order valence-corrected chi connectivity index (χ2v) is 7.28. The molecule has 1 aromatic rings. The Morgan fingerprint density at radius 2 is 2.32 bits per heavy atom. The number of aromatic nitrogens is 1. The molecule has 2 aliphatic heterocycles. The molecule has 0 spiro atoms. The summed E-state index contributed by atoms with van der Waals surface area (Å²) in [6.07, 6.45) is 6.56. The molecule has 3 aliphatic rings. The second kappa shape index (κ2) is 7.81. The molecule has 4 rings (SSSR count). The molecule has 1 amide bonds. The summed E-state index contributed by atoms with van der Waals surface area (Å²) in [5, 5.41) is 0. The lowest BCUT2D eigenvalue weighted by molar-refractivity contribution is -0.148. The van der Waals surface area contributed by atoms with Gasteiger partial charge in [-0.3, -0.25) is 9.78 Å². The molecule has 4 atom stereocenters. The van der Waals surface area contributed by atoms with Crippen molar-refractivity contribution in [2.75, 3.05) is 33.0 Å². The van der Waals surface area contributed by atoms with Crippen molar-refractivity contribution in [3.63, 3.8) is 0 Å². The topological polar surface area (TPSA) is 60.9 Å². The van der Waals surface area contributed by atoms with Crippen molar-refractivity contribution >= 4 is 5.91 Å². The maximum atomic E-state index is 12.8. The molecular weight excluding hydrogens is 320 g/mol. The molecular formula is C19H26N2O4. The summed E-state index contributed by atoms with van der Waals surface area (Å²) in [5.74, 6) is 0.743. The van der Waals surface area contributed by atoms with Crippen molar-refractivity contribution in [1.82, 2.24) is 9.88 Å². The summed E-state index contributed by atoms with van der Waals surface area (Å²) in [6, 6.07) is 4.15. The van der Waals surface area contributed by atoms with Gasteiger partial charge in [0.15, 0.2) is 0 Å². The first-order chi connectivity index (χ1) is 12.3. The van der Waals surface area contributed by atoms with Crippen LogP contribution in [-0.2, 0) is 25.6 Å². The van der Waals surface area contributed by atoms with Gasteiger partial charge in [0.05, 0.1) is 44.5 Å². The number of pyridine rings is 1. The highest BCUT2D eigenvalue weighted by Gasteiger charge is 2.44. The van der Waals surface area contributed by atoms with Crippen LogP contribution in [0.15, 0.2) is 24.5 Å². The van der Waals surface area contributed by atoms with E-state index in [1.807, 2.05) is 18.3 Å². The van der Waals surface area contributed by atoms with Gasteiger partial charge in [0.25, 0.3) is 0 Å². The van der Waals surface area contributed by atoms with E-state index < -0.39 is 0 Å². The van der Waals surface area contributed by atoms with Gasteiger partial charge in [-0.25, -0.2) is 0 Å². The van der Waals surface area contributed by atoms with Gasteiger partial charge in [-0.1, -0.05) is 6.07 Å². The smallest absolute Gasteiger partial charge is 0.228 e. The second-order valence-electron chi connectivity index (χ2n) is 7.28. The van der Waals surface area contributed by atoms with E-state index in [0.717, 1.165) is 24.8 Å². The summed E-state index contributed by atoms with van der Waals surface area (Å²) in [4.78, 5) is 19.0. The largest absolute Gasteiger partial charge is 0.381 e. The number of hydrogen-bond donors (Lipinski definition) is 0. The third kappa shape index (κ3) is 3.86. The summed E-state index contributed by atoms with van der Waals surface area (Å²) in [5.41, 5.74) is 1.09. The van der Waals surface area contributed by atoms with Gasteiger partial charge in [-0.2, -0.15) is 0 Å². The summed E-state index contributed by atoms with van der Waals surface area (Å²) in [6.45, 7) is 3.93. The fraction of sp³-hybridized carbons (Fsp3) is 0.684. The van der Waals surface area contributed by atoms with Gasteiger partial charge < -0.3 is 19.1 Å². The number of morpholine rings is 1. The molecule has 0 N–H and O–H groups in total. The zero-order valence-corrected chi connectivity index (χ0v) is 14.5. The molecule has 3 heterocycles. The third-order valence-electron chi connectivity index (χ3n) is 5.54. The number of nitrogens with zero attached hydrogens (tertiary/aromatic N) is 2. The molecule has 1 saturated carbocycles. The molecule has 2 saturated heterocycles. The molecule has 3 fully saturated rings. The highest BCUT2D eigenvalue weighted by molar-refractivity contribution is 5.79. The zero-order valence-electron chi connectivity index (χ0n) is 14.5. The van der Waals surface area contributed by atoms with Gasteiger partial charge in [0.1, 0.15) is 0 Å². The van der Waals surface area contributed by atoms with E-state index in [-0.39, 0.29) is 24.0 Å². The zero-order chi connectivity index (χ0) is 17.1. The van der Waals surface area contributed by atoms with Crippen LogP contribution in [0.1, 0.15) is 24.8 Å². The molecule has 6 heteroatoms. The fourth-order valence-corrected chi connectivity index (χ4v) is 4.25. The Balaban J connectivity index is 1.30. The molecule has 6 nitrogen and oxygen atoms in total. The van der Waals surface area contributed by atoms with Crippen molar-refractivity contribution in [3.8, 4) is 0 Å². The van der Waals surface area contributed by atoms with Gasteiger partial charge >= 0.3 is 0 Å². The fourth-order valence-electron chi connectivity index (χ4n) is 4.25. The number of amides is 1. The molecule has 1 aromatic heterocycles. The molecule has 136 valence electrons. The normalized spacial score (nSPS) is 31.9. The van der Waals surface area contributed by atoms with Crippen LogP contribution in [0.5, 0.6) is 0 Å². The first-order valence-electron chi connectivity index (χ1n) is 9.27. The van der Waals surface area contributed by atoms with Gasteiger partial charge in [-0.15, -0.1) is 0 Å². The summed E-state index contributed by atoms with van der Waals surface area (Å²) < 4.78 is 17.2. The minimum Gasteiger partial charge on any atom is -0.381 e. The Morgan fingerprint density at radius 1 is 1.36 bits per heavy atom. The van der Waals surface area contributed by atoms with Crippen LogP contribution in [0, 0.1) is 11.8 Å². The van der Waals surface area contributed by atoms with Crippen LogP contribution in [-0.4, -0.2) is 60.9 Å². The average molecular weight is 346 g/mol. The molecule has 0 radical (unpaired) electrons. The minimum atomic E-state index is 0.0413. The average Bonchev–Trinajstić information content (AvgIpc) is 3.31. The predicted molar refractivity (Wildman–Crippen MR) is 90.8 cm³/mol. The lowest BCUT2D eigenvalue weighted by Crippen LogP contribution is -2.53. The number of ether oxygens (including phenoxy) is 3. The van der Waals surface area contributed by atoms with Crippen LogP contribution in [0.2, 0.25) is 0 Å². The van der Waals surface area contributed by atoms with E-state index in [2.05, 4.69) is 9.88 Å². The molecule has 0 bridgehead atoms. The Kier molecular flexibility index (Phi) is 5.29. The first-order valence-corrected chi connectivity index (χ1v) is 9.27. The number of rotatable bonds is 5. The minimum absolute atomic E-state index is 0.0413. The van der Waals surface area contributed by atoms with Crippen LogP contribution in [0.4, 0.5) is 0 Å². The molecule has 25 heavy (non-hydrogen) atoms. The van der Waals surface area contributed by atoms with E-state index in [1.165, 1.54) is 0 Å². The third-order valence-corrected chi connectivity index (χ3v) is 5.54. The molecule has 0 aromatic carbocycles. The molecule has 1 aliphatic carbocycles. The Morgan fingerprint density at radius 3 is 3.12 bits per heavy atom. The van der Waals surface area contributed by atoms with E-state index in [9.17, 15) is 4.79 Å². The maximum Gasteiger partial charge on any atom is 0.228 e. The van der Waals surface area contributed by atoms with Crippen LogP contribution in [0.3, 0.4) is 0 Å². The van der Waals surface area contributed by atoms with Crippen molar-refractivity contribution < 1.29 is 19.0 Å². The maximum absolute atomic E-state index is 12.8. The van der Waals surface area contributed by atoms with Crippen molar-refractivity contribution in [2.45, 2.75) is 38.0 Å². The Bertz CT molecular complexity index is 576. The van der Waals surface area contributed by atoms with Crippen LogP contribution >= 0.6 is 0 Å². The quantitative estimate of drug-likeness (QED) is 0.811. The monoisotopic (exact) mass is 346 g/mol. The lowest BCUT2D eigenvalue weighted by atomic mass is 10.0. The van der Waals surface area contributed by atoms with Crippen LogP contribution < -0.4 is 0 Å². The van der Waals surface area contributed by atoms with Crippen molar-refractivity contribution in [3.05, 3.63) is 30.1 Å². The van der Waals surface area contributed by atoms with E-state index >= 15 is 0 Å². The van der Waals surface area contributed by atoms with Crippen molar-refractivity contribution in [1.29, 1.82) is 0 Å². The van der Waals surface area contributed by atoms with Crippen LogP contribution in [0.25, 0.3) is 0 Å². The van der Waals surface area contributed by atoms with Gasteiger partial charge in [0, 0.05) is 25.5 Å². The van der Waals surface area contributed by atoms with E-state index in [1.54, 1.807) is 6.20 Å². The summed E-state index contributed by atoms with van der Waals surface area (Å²) >= 11 is 0. The SMILES string of the molecule is O=C(C1CCOC1)N1CCOC2CC(COCc3cccnc3)CC21. The standard InChI is InChI=1S/C19H26N2O4/c22-19(16-3-6-23-13-16)21-5-7-25-18-9-15(8-17(18)21)12-24-11-14-2-1-4-20-10-14/h1-2,4,10,15-18H,3,5-9,11-13H2. The van der Waals surface area contributed by atoms with Gasteiger partial charge in [0.2, 0.25) is 5.91 Å². The van der Waals surface area contributed by atoms with Crippen molar-refractivity contribution in [2.24, 2.45) is 11.8 Å². The highest BCUT2D eigenvalue weighted by atomic mass is 16.5. The first kappa shape index (κ1) is 16.9.